The number of aromatic nitrogens is 1. The maximum Gasteiger partial charge on any atom is 0.339 e. The van der Waals surface area contributed by atoms with Crippen molar-refractivity contribution in [3.05, 3.63) is 77.3 Å². The molecule has 0 aliphatic heterocycles. The number of hydrogen-bond acceptors (Lipinski definition) is 6. The molecule has 0 bridgehead atoms. The maximum atomic E-state index is 12.6. The first kappa shape index (κ1) is 20.4. The highest BCUT2D eigenvalue weighted by Crippen LogP contribution is 2.28. The fraction of sp³-hybridized carbons (Fsp3) is 0.0870. The molecule has 0 aliphatic rings. The molecule has 4 aromatic rings. The van der Waals surface area contributed by atoms with Crippen molar-refractivity contribution in [3.63, 3.8) is 0 Å². The number of para-hydroxylation sites is 2. The summed E-state index contributed by atoms with van der Waals surface area (Å²) in [7, 11) is 1.50. The summed E-state index contributed by atoms with van der Waals surface area (Å²) in [6.07, 6.45) is 0. The monoisotopic (exact) mass is 436 g/mol. The normalized spacial score (nSPS) is 10.6. The van der Waals surface area contributed by atoms with Gasteiger partial charge in [-0.25, -0.2) is 9.78 Å². The molecule has 1 amide bonds. The van der Waals surface area contributed by atoms with E-state index in [9.17, 15) is 9.59 Å². The minimum absolute atomic E-state index is 0.245. The third kappa shape index (κ3) is 4.51. The average Bonchev–Trinajstić information content (AvgIpc) is 3.22. The molecular formula is C23H17ClN2O5. The number of amides is 1. The highest BCUT2D eigenvalue weighted by molar-refractivity contribution is 6.32. The van der Waals surface area contributed by atoms with Crippen LogP contribution in [0.15, 0.2) is 71.1 Å². The Bertz CT molecular complexity index is 1230. The summed E-state index contributed by atoms with van der Waals surface area (Å²) in [4.78, 5) is 29.3. The Morgan fingerprint density at radius 2 is 1.84 bits per heavy atom. The second-order valence-corrected chi connectivity index (χ2v) is 6.91. The number of halogens is 1. The van der Waals surface area contributed by atoms with Gasteiger partial charge in [-0.3, -0.25) is 4.79 Å². The molecule has 1 heterocycles. The van der Waals surface area contributed by atoms with E-state index >= 15 is 0 Å². The summed E-state index contributed by atoms with van der Waals surface area (Å²) in [5.74, 6) is -0.386. The fourth-order valence-corrected chi connectivity index (χ4v) is 3.24. The average molecular weight is 437 g/mol. The first-order chi connectivity index (χ1) is 15.0. The van der Waals surface area contributed by atoms with Crippen molar-refractivity contribution < 1.29 is 23.5 Å². The number of methoxy groups -OCH3 is 1. The Morgan fingerprint density at radius 1 is 1.06 bits per heavy atom. The number of oxazole rings is 1. The van der Waals surface area contributed by atoms with E-state index in [0.29, 0.717) is 39.0 Å². The van der Waals surface area contributed by atoms with E-state index in [1.54, 1.807) is 48.5 Å². The maximum absolute atomic E-state index is 12.6. The second kappa shape index (κ2) is 8.89. The number of hydrogen-bond donors (Lipinski definition) is 1. The molecule has 0 aliphatic carbocycles. The van der Waals surface area contributed by atoms with Gasteiger partial charge in [0.1, 0.15) is 11.3 Å². The first-order valence-electron chi connectivity index (χ1n) is 9.30. The second-order valence-electron chi connectivity index (χ2n) is 6.51. The van der Waals surface area contributed by atoms with Gasteiger partial charge in [-0.1, -0.05) is 35.9 Å². The summed E-state index contributed by atoms with van der Waals surface area (Å²) in [5, 5.41) is 2.97. The van der Waals surface area contributed by atoms with Gasteiger partial charge in [-0.15, -0.1) is 0 Å². The van der Waals surface area contributed by atoms with Crippen molar-refractivity contribution in [2.24, 2.45) is 0 Å². The molecule has 3 aromatic carbocycles. The minimum atomic E-state index is -0.666. The summed E-state index contributed by atoms with van der Waals surface area (Å²) >= 11 is 6.05. The van der Waals surface area contributed by atoms with Crippen LogP contribution in [0, 0.1) is 0 Å². The van der Waals surface area contributed by atoms with E-state index in [0.717, 1.165) is 0 Å². The minimum Gasteiger partial charge on any atom is -0.495 e. The first-order valence-corrected chi connectivity index (χ1v) is 9.68. The van der Waals surface area contributed by atoms with Gasteiger partial charge in [0, 0.05) is 5.69 Å². The molecule has 31 heavy (non-hydrogen) atoms. The number of nitrogens with zero attached hydrogens (tertiary/aromatic N) is 1. The quantitative estimate of drug-likeness (QED) is 0.430. The zero-order chi connectivity index (χ0) is 21.8. The van der Waals surface area contributed by atoms with Crippen LogP contribution in [0.25, 0.3) is 22.6 Å². The Morgan fingerprint density at radius 3 is 2.61 bits per heavy atom. The number of carbonyl (C=O) groups excluding carboxylic acids is 2. The van der Waals surface area contributed by atoms with E-state index in [4.69, 9.17) is 25.5 Å². The van der Waals surface area contributed by atoms with Crippen LogP contribution in [0.3, 0.4) is 0 Å². The molecule has 1 aromatic heterocycles. The smallest absolute Gasteiger partial charge is 0.339 e. The zero-order valence-electron chi connectivity index (χ0n) is 16.4. The third-order valence-electron chi connectivity index (χ3n) is 4.44. The number of esters is 1. The lowest BCUT2D eigenvalue weighted by molar-refractivity contribution is -0.119. The van der Waals surface area contributed by atoms with E-state index in [2.05, 4.69) is 10.3 Å². The molecule has 7 nitrogen and oxygen atoms in total. The number of benzene rings is 3. The molecule has 0 unspecified atom stereocenters. The van der Waals surface area contributed by atoms with Crippen molar-refractivity contribution in [1.29, 1.82) is 0 Å². The van der Waals surface area contributed by atoms with Crippen LogP contribution in [0.1, 0.15) is 10.4 Å². The fourth-order valence-electron chi connectivity index (χ4n) is 2.99. The van der Waals surface area contributed by atoms with Crippen LogP contribution in [0.5, 0.6) is 5.75 Å². The van der Waals surface area contributed by atoms with E-state index in [-0.39, 0.29) is 5.56 Å². The van der Waals surface area contributed by atoms with Crippen molar-refractivity contribution in [1.82, 2.24) is 4.98 Å². The lowest BCUT2D eigenvalue weighted by atomic mass is 10.1. The number of anilines is 1. The molecule has 156 valence electrons. The molecule has 0 saturated heterocycles. The topological polar surface area (TPSA) is 90.7 Å². The highest BCUT2D eigenvalue weighted by atomic mass is 35.5. The summed E-state index contributed by atoms with van der Waals surface area (Å²) < 4.78 is 16.0. The van der Waals surface area contributed by atoms with Gasteiger partial charge in [-0.05, 0) is 42.5 Å². The lowest BCUT2D eigenvalue weighted by Gasteiger charge is -2.09. The van der Waals surface area contributed by atoms with Gasteiger partial charge in [0.25, 0.3) is 5.91 Å². The standard InChI is InChI=1S/C23H17ClN2O5/c1-29-19-11-10-14(12-17(19)24)25-21(27)13-30-23(28)16-7-3-2-6-15(16)22-26-18-8-4-5-9-20(18)31-22/h2-12H,13H2,1H3,(H,25,27). The predicted molar refractivity (Wildman–Crippen MR) is 116 cm³/mol. The molecule has 1 N–H and O–H groups in total. The van der Waals surface area contributed by atoms with Gasteiger partial charge in [0.05, 0.1) is 23.3 Å². The van der Waals surface area contributed by atoms with Crippen LogP contribution < -0.4 is 10.1 Å². The molecule has 0 saturated carbocycles. The summed E-state index contributed by atoms with van der Waals surface area (Å²) in [6.45, 7) is -0.468. The summed E-state index contributed by atoms with van der Waals surface area (Å²) in [5.41, 5.74) is 2.47. The van der Waals surface area contributed by atoms with Crippen molar-refractivity contribution >= 4 is 40.3 Å². The van der Waals surface area contributed by atoms with Crippen molar-refractivity contribution in [2.75, 3.05) is 19.0 Å². The Hall–Kier alpha value is -3.84. The highest BCUT2D eigenvalue weighted by Gasteiger charge is 2.19. The largest absolute Gasteiger partial charge is 0.495 e. The third-order valence-corrected chi connectivity index (χ3v) is 4.74. The molecule has 0 radical (unpaired) electrons. The molecule has 8 heteroatoms. The number of nitrogens with one attached hydrogen (secondary N) is 1. The van der Waals surface area contributed by atoms with E-state index in [1.807, 2.05) is 18.2 Å². The Labute approximate surface area is 182 Å². The molecule has 0 fully saturated rings. The Balaban J connectivity index is 1.45. The molecule has 0 atom stereocenters. The van der Waals surface area contributed by atoms with Crippen molar-refractivity contribution in [3.8, 4) is 17.2 Å². The summed E-state index contributed by atoms with van der Waals surface area (Å²) in [6, 6.07) is 18.9. The SMILES string of the molecule is COc1ccc(NC(=O)COC(=O)c2ccccc2-c2nc3ccccc3o2)cc1Cl. The van der Waals surface area contributed by atoms with Crippen LogP contribution in [-0.2, 0) is 9.53 Å². The van der Waals surface area contributed by atoms with Crippen molar-refractivity contribution in [2.45, 2.75) is 0 Å². The Kier molecular flexibility index (Phi) is 5.86. The van der Waals surface area contributed by atoms with Crippen LogP contribution in [0.2, 0.25) is 5.02 Å². The number of fused-ring (bicyclic) bond motifs is 1. The van der Waals surface area contributed by atoms with Crippen LogP contribution in [-0.4, -0.2) is 30.6 Å². The van der Waals surface area contributed by atoms with Gasteiger partial charge >= 0.3 is 5.97 Å². The molecular weight excluding hydrogens is 420 g/mol. The predicted octanol–water partition coefficient (Wildman–Crippen LogP) is 4.95. The van der Waals surface area contributed by atoms with E-state index in [1.165, 1.54) is 7.11 Å². The number of rotatable bonds is 6. The van der Waals surface area contributed by atoms with Gasteiger partial charge in [0.2, 0.25) is 5.89 Å². The van der Waals surface area contributed by atoms with Gasteiger partial charge in [-0.2, -0.15) is 0 Å². The number of ether oxygens (including phenoxy) is 2. The molecule has 4 rings (SSSR count). The zero-order valence-corrected chi connectivity index (χ0v) is 17.2. The van der Waals surface area contributed by atoms with Crippen LogP contribution >= 0.6 is 11.6 Å². The number of carbonyl (C=O) groups is 2. The van der Waals surface area contributed by atoms with E-state index < -0.39 is 18.5 Å². The van der Waals surface area contributed by atoms with Crippen LogP contribution in [0.4, 0.5) is 5.69 Å². The van der Waals surface area contributed by atoms with Gasteiger partial charge in [0.15, 0.2) is 12.2 Å². The molecule has 0 spiro atoms. The van der Waals surface area contributed by atoms with Gasteiger partial charge < -0.3 is 19.2 Å². The lowest BCUT2D eigenvalue weighted by Crippen LogP contribution is -2.21.